The summed E-state index contributed by atoms with van der Waals surface area (Å²) in [6.07, 6.45) is 0. The summed E-state index contributed by atoms with van der Waals surface area (Å²) in [7, 11) is -21.4. The Bertz CT molecular complexity index is 3830. The predicted molar refractivity (Wildman–Crippen MR) is 244 cm³/mol. The van der Waals surface area contributed by atoms with E-state index in [1.54, 1.807) is 0 Å². The van der Waals surface area contributed by atoms with Crippen LogP contribution < -0.4 is 16.2 Å². The molecule has 0 aliphatic heterocycles. The standard InChI is InChI=1S/C33H25ClN10O23S6/c34-31-38-32(35-13-1-4-18(21(9-13)70(52,53)54)41-43-25-17(30(48)49)12-24(45)37-29(25)47)40-33(39-31)36-20-6-3-15-16(28(20)73(61,62)63)11-23(72(58,59)60)26(27(15)46)44-42-19-5-2-14(10-22(19)71(55,56)57)68-66-64-7-8-69(51)67-65-50/h1-6,9-12,46,50H,7-8H2,(H,48,49)(H2,37,45,47)(H,52,53,54)(H,55,56,57)(H,58,59,60)(H,61,62,63)(H2,35,36,38,39,40). The van der Waals surface area contributed by atoms with Crippen LogP contribution in [0.2, 0.25) is 5.28 Å². The van der Waals surface area contributed by atoms with Gasteiger partial charge in [-0.3, -0.25) is 28.0 Å². The molecule has 0 saturated carbocycles. The Hall–Kier alpha value is -6.80. The molecule has 1 unspecified atom stereocenters. The topological polar surface area (TPSA) is 514 Å². The first kappa shape index (κ1) is 55.5. The molecule has 0 saturated heterocycles. The van der Waals surface area contributed by atoms with Crippen molar-refractivity contribution in [3.05, 3.63) is 81.9 Å². The van der Waals surface area contributed by atoms with Gasteiger partial charge in [0.1, 0.15) is 36.6 Å². The van der Waals surface area contributed by atoms with Gasteiger partial charge in [0, 0.05) is 27.4 Å². The van der Waals surface area contributed by atoms with Crippen molar-refractivity contribution in [3.8, 4) is 11.6 Å². The number of aromatic nitrogens is 4. The van der Waals surface area contributed by atoms with Gasteiger partial charge in [0.25, 0.3) is 46.0 Å². The Balaban J connectivity index is 1.34. The molecule has 2 heterocycles. The SMILES string of the molecule is O=C(O)c1cc(=O)[nH]c(O)c1N=Nc1ccc(Nc2nc(Cl)nc(Nc3ccc4c(O)c(N=Nc5ccc(SOOCCS(=O)OOO)cc5S(=O)(=O)O)c(S(=O)(=O)O)cc4c3S(=O)(=O)O)n2)cc1S(=O)(=O)O. The molecular weight excluding hydrogens is 1130 g/mol. The second-order valence-electron chi connectivity index (χ2n) is 13.4. The first-order valence-corrected chi connectivity index (χ1v) is 26.5. The molecule has 2 aromatic heterocycles. The number of aromatic amines is 1. The molecule has 0 aliphatic rings. The van der Waals surface area contributed by atoms with E-state index < -0.39 is 163 Å². The molecule has 388 valence electrons. The Labute approximate surface area is 417 Å². The summed E-state index contributed by atoms with van der Waals surface area (Å²) >= 11 is 4.31. The maximum Gasteiger partial charge on any atom is 0.338 e. The number of nitrogens with one attached hydrogen (secondary N) is 3. The first-order valence-electron chi connectivity index (χ1n) is 18.4. The van der Waals surface area contributed by atoms with Crippen molar-refractivity contribution in [1.82, 2.24) is 19.9 Å². The molecule has 0 radical (unpaired) electrons. The van der Waals surface area contributed by atoms with Gasteiger partial charge < -0.3 is 26.0 Å². The number of aromatic carboxylic acids is 1. The predicted octanol–water partition coefficient (Wildman–Crippen LogP) is 4.82. The van der Waals surface area contributed by atoms with Gasteiger partial charge in [0.2, 0.25) is 23.1 Å². The highest BCUT2D eigenvalue weighted by molar-refractivity contribution is 7.94. The van der Waals surface area contributed by atoms with Gasteiger partial charge in [-0.15, -0.1) is 24.8 Å². The van der Waals surface area contributed by atoms with Crippen molar-refractivity contribution >= 4 is 138 Å². The molecule has 4 aromatic carbocycles. The highest BCUT2D eigenvalue weighted by atomic mass is 35.5. The number of pyridine rings is 1. The molecule has 11 N–H and O–H groups in total. The zero-order valence-electron chi connectivity index (χ0n) is 34.8. The minimum absolute atomic E-state index is 0.0842. The number of anilines is 4. The van der Waals surface area contributed by atoms with Gasteiger partial charge >= 0.3 is 5.97 Å². The largest absolute Gasteiger partial charge is 0.505 e. The van der Waals surface area contributed by atoms with Crippen LogP contribution in [0.3, 0.4) is 0 Å². The monoisotopic (exact) mass is 1160 g/mol. The van der Waals surface area contributed by atoms with Gasteiger partial charge in [0.05, 0.1) is 35.7 Å². The zero-order chi connectivity index (χ0) is 53.8. The lowest BCUT2D eigenvalue weighted by Gasteiger charge is -2.15. The summed E-state index contributed by atoms with van der Waals surface area (Å²) in [5, 5.41) is 59.2. The molecule has 0 aliphatic carbocycles. The fourth-order valence-corrected chi connectivity index (χ4v) is 9.62. The van der Waals surface area contributed by atoms with E-state index in [0.717, 1.165) is 48.5 Å². The molecule has 40 heteroatoms. The number of nitrogens with zero attached hydrogens (tertiary/aromatic N) is 7. The number of azo groups is 2. The highest BCUT2D eigenvalue weighted by Gasteiger charge is 2.29. The Kier molecular flexibility index (Phi) is 16.8. The van der Waals surface area contributed by atoms with Crippen LogP contribution in [0.4, 0.5) is 46.0 Å². The van der Waals surface area contributed by atoms with Gasteiger partial charge in [0.15, 0.2) is 22.5 Å². The van der Waals surface area contributed by atoms with Crippen molar-refractivity contribution in [2.24, 2.45) is 20.5 Å². The number of carbonyl (C=O) groups is 1. The molecule has 0 spiro atoms. The Morgan fingerprint density at radius 3 is 1.95 bits per heavy atom. The number of hydrogen-bond acceptors (Lipinski definition) is 28. The quantitative estimate of drug-likeness (QED) is 0.0115. The average Bonchev–Trinajstić information content (AvgIpc) is 3.27. The van der Waals surface area contributed by atoms with E-state index >= 15 is 0 Å². The number of hydrogen-bond donors (Lipinski definition) is 11. The number of aromatic hydroxyl groups is 2. The fourth-order valence-electron chi connectivity index (χ4n) is 5.77. The Morgan fingerprint density at radius 1 is 0.740 bits per heavy atom. The van der Waals surface area contributed by atoms with Crippen LogP contribution in [-0.2, 0) is 70.1 Å². The van der Waals surface area contributed by atoms with E-state index in [0.29, 0.717) is 24.2 Å². The molecule has 0 bridgehead atoms. The van der Waals surface area contributed by atoms with Crippen LogP contribution in [-0.4, -0.2) is 115 Å². The van der Waals surface area contributed by atoms with Crippen LogP contribution >= 0.6 is 23.6 Å². The lowest BCUT2D eigenvalue weighted by atomic mass is 10.1. The van der Waals surface area contributed by atoms with E-state index in [1.165, 1.54) is 0 Å². The molecule has 33 nitrogen and oxygen atoms in total. The number of phenols is 1. The molecule has 6 aromatic rings. The lowest BCUT2D eigenvalue weighted by molar-refractivity contribution is -0.435. The molecule has 6 rings (SSSR count). The highest BCUT2D eigenvalue weighted by Crippen LogP contribution is 2.46. The van der Waals surface area contributed by atoms with Crippen LogP contribution in [0.5, 0.6) is 11.6 Å². The van der Waals surface area contributed by atoms with Gasteiger partial charge in [-0.05, 0) is 66.2 Å². The minimum Gasteiger partial charge on any atom is -0.505 e. The average molecular weight is 1160 g/mol. The summed E-state index contributed by atoms with van der Waals surface area (Å²) in [6.45, 7) is -0.399. The third-order valence-electron chi connectivity index (χ3n) is 8.64. The summed E-state index contributed by atoms with van der Waals surface area (Å²) < 4.78 is 161. The second-order valence-corrected chi connectivity index (χ2v) is 21.2. The number of carboxylic acids is 1. The summed E-state index contributed by atoms with van der Waals surface area (Å²) in [5.41, 5.74) is -6.05. The summed E-state index contributed by atoms with van der Waals surface area (Å²) in [6, 6.07) is 8.33. The van der Waals surface area contributed by atoms with Crippen molar-refractivity contribution in [2.45, 2.75) is 24.5 Å². The number of fused-ring (bicyclic) bond motifs is 1. The number of rotatable bonds is 21. The van der Waals surface area contributed by atoms with E-state index in [1.807, 2.05) is 4.98 Å². The summed E-state index contributed by atoms with van der Waals surface area (Å²) in [4.78, 5) is 36.8. The van der Waals surface area contributed by atoms with Gasteiger partial charge in [-0.2, -0.15) is 53.0 Å². The number of halogens is 1. The smallest absolute Gasteiger partial charge is 0.338 e. The fraction of sp³-hybridized carbons (Fsp3) is 0.0606. The normalized spacial score (nSPS) is 13.0. The molecule has 0 amide bonds. The third-order valence-corrected chi connectivity index (χ3v) is 13.7. The maximum atomic E-state index is 13.0. The van der Waals surface area contributed by atoms with Crippen LogP contribution in [0.1, 0.15) is 10.4 Å². The molecule has 1 atom stereocenters. The van der Waals surface area contributed by atoms with Crippen molar-refractivity contribution < 1.29 is 100 Å². The number of carboxylic acid groups (broad SMARTS) is 1. The molecule has 73 heavy (non-hydrogen) atoms. The maximum absolute atomic E-state index is 13.0. The van der Waals surface area contributed by atoms with Crippen LogP contribution in [0, 0.1) is 0 Å². The van der Waals surface area contributed by atoms with Gasteiger partial charge in [-0.25, -0.2) is 19.1 Å². The molecule has 0 fully saturated rings. The Morgan fingerprint density at radius 2 is 1.34 bits per heavy atom. The second kappa shape index (κ2) is 22.1. The number of H-pyrrole nitrogens is 1. The van der Waals surface area contributed by atoms with E-state index in [2.05, 4.69) is 55.4 Å². The zero-order valence-corrected chi connectivity index (χ0v) is 40.5. The van der Waals surface area contributed by atoms with Crippen LogP contribution in [0.25, 0.3) is 10.8 Å². The first-order chi connectivity index (χ1) is 34.0. The van der Waals surface area contributed by atoms with E-state index in [4.69, 9.17) is 26.1 Å². The third kappa shape index (κ3) is 13.8. The lowest BCUT2D eigenvalue weighted by Crippen LogP contribution is -2.09. The van der Waals surface area contributed by atoms with Crippen LogP contribution in [0.15, 0.2) is 110 Å². The van der Waals surface area contributed by atoms with Crippen molar-refractivity contribution in [3.63, 3.8) is 0 Å². The van der Waals surface area contributed by atoms with Gasteiger partial charge in [-0.1, -0.05) is 5.04 Å². The van der Waals surface area contributed by atoms with E-state index in [-0.39, 0.29) is 16.3 Å². The van der Waals surface area contributed by atoms with E-state index in [9.17, 15) is 81.0 Å². The number of phenolic OH excluding ortho intramolecular Hbond substituents is 1. The van der Waals surface area contributed by atoms with Crippen molar-refractivity contribution in [2.75, 3.05) is 23.0 Å². The number of benzene rings is 4. The minimum atomic E-state index is -5.56. The van der Waals surface area contributed by atoms with Crippen molar-refractivity contribution in [1.29, 1.82) is 0 Å². The summed E-state index contributed by atoms with van der Waals surface area (Å²) in [5.74, 6) is -5.56. The molecular formula is C33H25ClN10O23S6.